The molecule has 0 saturated heterocycles. The Bertz CT molecular complexity index is 1010. The summed E-state index contributed by atoms with van der Waals surface area (Å²) in [5.41, 5.74) is 1.41. The van der Waals surface area contributed by atoms with Crippen molar-refractivity contribution in [2.24, 2.45) is 0 Å². The Hall–Kier alpha value is -3.73. The fourth-order valence-electron chi connectivity index (χ4n) is 2.86. The highest BCUT2D eigenvalue weighted by Gasteiger charge is 2.20. The molecule has 2 amide bonds. The van der Waals surface area contributed by atoms with Crippen LogP contribution in [0.2, 0.25) is 0 Å². The molecule has 0 saturated carbocycles. The second-order valence-electron chi connectivity index (χ2n) is 8.08. The van der Waals surface area contributed by atoms with E-state index in [4.69, 9.17) is 10.00 Å². The van der Waals surface area contributed by atoms with Crippen molar-refractivity contribution in [1.82, 2.24) is 5.32 Å². The van der Waals surface area contributed by atoms with Gasteiger partial charge < -0.3 is 15.0 Å². The number of anilines is 1. The Labute approximate surface area is 186 Å². The molecule has 0 aliphatic heterocycles. The highest BCUT2D eigenvalue weighted by molar-refractivity contribution is 5.97. The quantitative estimate of drug-likeness (QED) is 0.636. The zero-order chi connectivity index (χ0) is 23.7. The summed E-state index contributed by atoms with van der Waals surface area (Å²) in [5.74, 6) is -2.57. The number of hydrogen-bond donors (Lipinski definition) is 1. The number of amides is 2. The maximum absolute atomic E-state index is 14.1. The molecule has 0 radical (unpaired) electrons. The molecule has 0 fully saturated rings. The van der Waals surface area contributed by atoms with Gasteiger partial charge in [0.25, 0.3) is 11.8 Å². The predicted octanol–water partition coefficient (Wildman–Crippen LogP) is 3.34. The van der Waals surface area contributed by atoms with Crippen LogP contribution >= 0.6 is 0 Å². The molecule has 0 aromatic heterocycles. The van der Waals surface area contributed by atoms with Crippen molar-refractivity contribution in [2.75, 3.05) is 24.6 Å². The number of carbonyl (C=O) groups excluding carboxylic acids is 3. The second-order valence-corrected chi connectivity index (χ2v) is 8.08. The van der Waals surface area contributed by atoms with Crippen LogP contribution in [0.15, 0.2) is 48.5 Å². The molecule has 7 nitrogen and oxygen atoms in total. The Morgan fingerprint density at radius 2 is 1.75 bits per heavy atom. The third-order valence-corrected chi connectivity index (χ3v) is 4.65. The van der Waals surface area contributed by atoms with Crippen molar-refractivity contribution >= 4 is 23.5 Å². The maximum Gasteiger partial charge on any atom is 0.325 e. The van der Waals surface area contributed by atoms with Gasteiger partial charge in [-0.3, -0.25) is 14.4 Å². The van der Waals surface area contributed by atoms with E-state index < -0.39 is 36.8 Å². The molecule has 2 aromatic carbocycles. The van der Waals surface area contributed by atoms with Gasteiger partial charge in [-0.15, -0.1) is 0 Å². The lowest BCUT2D eigenvalue weighted by molar-refractivity contribution is -0.146. The minimum Gasteiger partial charge on any atom is -0.454 e. The van der Waals surface area contributed by atoms with Crippen LogP contribution in [0.1, 0.15) is 43.1 Å². The molecule has 0 unspecified atom stereocenters. The molecular weight excluding hydrogens is 413 g/mol. The van der Waals surface area contributed by atoms with Gasteiger partial charge in [0.15, 0.2) is 6.61 Å². The molecule has 0 heterocycles. The molecule has 32 heavy (non-hydrogen) atoms. The van der Waals surface area contributed by atoms with Crippen molar-refractivity contribution in [2.45, 2.75) is 32.6 Å². The third-order valence-electron chi connectivity index (χ3n) is 4.65. The Morgan fingerprint density at radius 3 is 2.34 bits per heavy atom. The fourth-order valence-corrected chi connectivity index (χ4v) is 2.86. The minimum atomic E-state index is -0.813. The smallest absolute Gasteiger partial charge is 0.325 e. The zero-order valence-corrected chi connectivity index (χ0v) is 18.4. The number of rotatable bonds is 8. The van der Waals surface area contributed by atoms with Crippen molar-refractivity contribution in [3.8, 4) is 6.07 Å². The van der Waals surface area contributed by atoms with Crippen LogP contribution in [0.3, 0.4) is 0 Å². The molecule has 2 rings (SSSR count). The minimum absolute atomic E-state index is 0.00388. The molecule has 8 heteroatoms. The molecule has 0 spiro atoms. The van der Waals surface area contributed by atoms with E-state index in [1.54, 1.807) is 18.2 Å². The Kier molecular flexibility index (Phi) is 8.47. The van der Waals surface area contributed by atoms with Crippen LogP contribution in [0.4, 0.5) is 10.1 Å². The SMILES string of the molecule is CC(C)(C)c1ccc(C(=O)NCC(=O)OCC(=O)N(CCC#N)c2ccccc2F)cc1. The monoisotopic (exact) mass is 439 g/mol. The lowest BCUT2D eigenvalue weighted by atomic mass is 9.87. The maximum atomic E-state index is 14.1. The number of esters is 1. The van der Waals surface area contributed by atoms with Gasteiger partial charge in [0.05, 0.1) is 18.2 Å². The average Bonchev–Trinajstić information content (AvgIpc) is 2.76. The van der Waals surface area contributed by atoms with Crippen LogP contribution in [-0.2, 0) is 19.7 Å². The molecule has 0 atom stereocenters. The fraction of sp³-hybridized carbons (Fsp3) is 0.333. The van der Waals surface area contributed by atoms with Crippen LogP contribution in [-0.4, -0.2) is 37.5 Å². The number of nitrogens with one attached hydrogen (secondary N) is 1. The zero-order valence-electron chi connectivity index (χ0n) is 18.4. The van der Waals surface area contributed by atoms with Crippen LogP contribution < -0.4 is 10.2 Å². The summed E-state index contributed by atoms with van der Waals surface area (Å²) < 4.78 is 19.0. The first-order chi connectivity index (χ1) is 15.1. The highest BCUT2D eigenvalue weighted by Crippen LogP contribution is 2.22. The van der Waals surface area contributed by atoms with Crippen molar-refractivity contribution < 1.29 is 23.5 Å². The lowest BCUT2D eigenvalue weighted by Crippen LogP contribution is -2.37. The number of hydrogen-bond acceptors (Lipinski definition) is 5. The van der Waals surface area contributed by atoms with Crippen molar-refractivity contribution in [1.29, 1.82) is 5.26 Å². The van der Waals surface area contributed by atoms with Gasteiger partial charge in [0.2, 0.25) is 0 Å². The standard InChI is InChI=1S/C24H26FN3O4/c1-24(2,3)18-11-9-17(10-12-18)23(31)27-15-22(30)32-16-21(29)28(14-6-13-26)20-8-5-4-7-19(20)25/h4-5,7-12H,6,14-16H2,1-3H3,(H,27,31). The summed E-state index contributed by atoms with van der Waals surface area (Å²) in [6.07, 6.45) is -0.0158. The van der Waals surface area contributed by atoms with Crippen molar-refractivity contribution in [3.63, 3.8) is 0 Å². The largest absolute Gasteiger partial charge is 0.454 e. The van der Waals surface area contributed by atoms with Crippen LogP contribution in [0.25, 0.3) is 0 Å². The normalized spacial score (nSPS) is 10.7. The summed E-state index contributed by atoms with van der Waals surface area (Å²) in [5, 5.41) is 11.2. The number of nitriles is 1. The first kappa shape index (κ1) is 24.5. The van der Waals surface area contributed by atoms with Crippen molar-refractivity contribution in [3.05, 3.63) is 65.5 Å². The van der Waals surface area contributed by atoms with Gasteiger partial charge in [-0.05, 0) is 35.2 Å². The van der Waals surface area contributed by atoms with Crippen LogP contribution in [0, 0.1) is 17.1 Å². The van der Waals surface area contributed by atoms with Gasteiger partial charge in [0.1, 0.15) is 12.4 Å². The number of benzene rings is 2. The first-order valence-electron chi connectivity index (χ1n) is 10.1. The third kappa shape index (κ3) is 6.91. The topological polar surface area (TPSA) is 99.5 Å². The Morgan fingerprint density at radius 1 is 1.09 bits per heavy atom. The molecule has 2 aromatic rings. The highest BCUT2D eigenvalue weighted by atomic mass is 19.1. The van der Waals surface area contributed by atoms with Gasteiger partial charge in [-0.1, -0.05) is 45.0 Å². The summed E-state index contributed by atoms with van der Waals surface area (Å²) in [6.45, 7) is 5.07. The number of nitrogens with zero attached hydrogens (tertiary/aromatic N) is 2. The summed E-state index contributed by atoms with van der Waals surface area (Å²) in [4.78, 5) is 37.7. The van der Waals surface area contributed by atoms with Crippen LogP contribution in [0.5, 0.6) is 0 Å². The number of halogens is 1. The van der Waals surface area contributed by atoms with Gasteiger partial charge in [-0.2, -0.15) is 5.26 Å². The van der Waals surface area contributed by atoms with E-state index in [0.29, 0.717) is 5.56 Å². The molecule has 1 N–H and O–H groups in total. The molecule has 0 aliphatic carbocycles. The summed E-state index contributed by atoms with van der Waals surface area (Å²) in [7, 11) is 0. The first-order valence-corrected chi connectivity index (χ1v) is 10.1. The van der Waals surface area contributed by atoms with E-state index in [-0.39, 0.29) is 24.1 Å². The lowest BCUT2D eigenvalue weighted by Gasteiger charge is -2.22. The van der Waals surface area contributed by atoms with Gasteiger partial charge in [0, 0.05) is 12.1 Å². The van der Waals surface area contributed by atoms with E-state index in [1.807, 2.05) is 18.2 Å². The van der Waals surface area contributed by atoms with E-state index in [2.05, 4.69) is 26.1 Å². The Balaban J connectivity index is 1.89. The van der Waals surface area contributed by atoms with Gasteiger partial charge >= 0.3 is 5.97 Å². The van der Waals surface area contributed by atoms with E-state index in [0.717, 1.165) is 10.5 Å². The van der Waals surface area contributed by atoms with Gasteiger partial charge in [-0.25, -0.2) is 4.39 Å². The second kappa shape index (κ2) is 11.0. The van der Waals surface area contributed by atoms with E-state index in [1.165, 1.54) is 18.2 Å². The number of para-hydroxylation sites is 1. The summed E-state index contributed by atoms with van der Waals surface area (Å²) >= 11 is 0. The molecule has 168 valence electrons. The molecular formula is C24H26FN3O4. The van der Waals surface area contributed by atoms with E-state index >= 15 is 0 Å². The molecule has 0 bridgehead atoms. The molecule has 0 aliphatic rings. The van der Waals surface area contributed by atoms with E-state index in [9.17, 15) is 18.8 Å². The summed E-state index contributed by atoms with van der Waals surface area (Å²) in [6, 6.07) is 14.6. The average molecular weight is 439 g/mol. The predicted molar refractivity (Wildman–Crippen MR) is 117 cm³/mol. The number of carbonyl (C=O) groups is 3. The number of ether oxygens (including phenoxy) is 1.